The molecule has 1 N–H and O–H groups in total. The molecule has 0 fully saturated rings. The molecule has 2 aromatic heterocycles. The van der Waals surface area contributed by atoms with Gasteiger partial charge in [0.15, 0.2) is 22.4 Å². The average molecular weight is 362 g/mol. The monoisotopic (exact) mass is 362 g/mol. The number of carbonyl (C=O) groups excluding carboxylic acids is 1. The van der Waals surface area contributed by atoms with Crippen LogP contribution in [0.4, 0.5) is 8.78 Å². The number of nitrogens with zero attached hydrogens (tertiary/aromatic N) is 1. The molecule has 1 aromatic carbocycles. The molecular weight excluding hydrogens is 346 g/mol. The minimum Gasteiger partial charge on any atom is -0.459 e. The number of carbonyl (C=O) groups is 1. The number of aromatic nitrogens is 1. The number of furan rings is 1. The maximum Gasteiger partial charge on any atom is 0.226 e. The van der Waals surface area contributed by atoms with Crippen LogP contribution in [0.3, 0.4) is 0 Å². The topological polar surface area (TPSA) is 55.1 Å². The molecule has 3 aromatic rings. The predicted molar refractivity (Wildman–Crippen MR) is 91.2 cm³/mol. The number of halogens is 2. The van der Waals surface area contributed by atoms with E-state index in [9.17, 15) is 13.6 Å². The Hall–Kier alpha value is -2.54. The van der Waals surface area contributed by atoms with Gasteiger partial charge in [-0.25, -0.2) is 13.8 Å². The summed E-state index contributed by atoms with van der Waals surface area (Å²) in [6.07, 6.45) is 0.101. The lowest BCUT2D eigenvalue weighted by atomic mass is 10.1. The smallest absolute Gasteiger partial charge is 0.226 e. The van der Waals surface area contributed by atoms with Crippen LogP contribution in [0, 0.1) is 18.6 Å². The van der Waals surface area contributed by atoms with Crippen molar-refractivity contribution >= 4 is 17.2 Å². The SMILES string of the molecule is Cc1ccc(-c2nc(CC(=O)N[C@H](C)c3ccc(F)c(F)c3)cs2)o1. The Labute approximate surface area is 147 Å². The number of hydrogen-bond acceptors (Lipinski definition) is 4. The Morgan fingerprint density at radius 3 is 2.76 bits per heavy atom. The van der Waals surface area contributed by atoms with Crippen molar-refractivity contribution in [1.82, 2.24) is 10.3 Å². The standard InChI is InChI=1S/C18H16F2N2O2S/c1-10-3-6-16(24-10)18-22-13(9-25-18)8-17(23)21-11(2)12-4-5-14(19)15(20)7-12/h3-7,9,11H,8H2,1-2H3,(H,21,23)/t11-/m1/s1. The molecule has 0 saturated carbocycles. The van der Waals surface area contributed by atoms with E-state index >= 15 is 0 Å². The number of hydrogen-bond donors (Lipinski definition) is 1. The summed E-state index contributed by atoms with van der Waals surface area (Å²) in [5, 5.41) is 5.27. The van der Waals surface area contributed by atoms with Gasteiger partial charge in [-0.2, -0.15) is 0 Å². The highest BCUT2D eigenvalue weighted by molar-refractivity contribution is 7.13. The zero-order chi connectivity index (χ0) is 18.0. The second-order valence-electron chi connectivity index (χ2n) is 5.69. The highest BCUT2D eigenvalue weighted by atomic mass is 32.1. The molecule has 2 heterocycles. The van der Waals surface area contributed by atoms with Crippen LogP contribution >= 0.6 is 11.3 Å². The molecule has 4 nitrogen and oxygen atoms in total. The van der Waals surface area contributed by atoms with E-state index in [1.54, 1.807) is 12.3 Å². The molecule has 25 heavy (non-hydrogen) atoms. The fourth-order valence-electron chi connectivity index (χ4n) is 2.37. The number of rotatable bonds is 5. The van der Waals surface area contributed by atoms with Crippen molar-refractivity contribution in [3.8, 4) is 10.8 Å². The minimum absolute atomic E-state index is 0.101. The third-order valence-corrected chi connectivity index (χ3v) is 4.57. The number of aryl methyl sites for hydroxylation is 1. The van der Waals surface area contributed by atoms with Crippen LogP contribution < -0.4 is 5.32 Å². The molecule has 130 valence electrons. The van der Waals surface area contributed by atoms with E-state index in [0.29, 0.717) is 22.0 Å². The van der Waals surface area contributed by atoms with Crippen molar-refractivity contribution in [3.63, 3.8) is 0 Å². The highest BCUT2D eigenvalue weighted by Gasteiger charge is 2.15. The van der Waals surface area contributed by atoms with E-state index in [0.717, 1.165) is 17.9 Å². The first kappa shape index (κ1) is 17.3. The molecule has 1 atom stereocenters. The van der Waals surface area contributed by atoms with Gasteiger partial charge in [0.2, 0.25) is 5.91 Å². The first-order valence-electron chi connectivity index (χ1n) is 7.68. The predicted octanol–water partition coefficient (Wildman–Crippen LogP) is 4.41. The van der Waals surface area contributed by atoms with Crippen LogP contribution in [0.15, 0.2) is 40.1 Å². The van der Waals surface area contributed by atoms with Crippen molar-refractivity contribution in [3.05, 3.63) is 64.4 Å². The Morgan fingerprint density at radius 2 is 2.08 bits per heavy atom. The van der Waals surface area contributed by atoms with Crippen molar-refractivity contribution in [2.75, 3.05) is 0 Å². The summed E-state index contributed by atoms with van der Waals surface area (Å²) >= 11 is 1.40. The summed E-state index contributed by atoms with van der Waals surface area (Å²) in [4.78, 5) is 16.6. The van der Waals surface area contributed by atoms with Crippen LogP contribution in [0.1, 0.15) is 30.0 Å². The molecule has 0 unspecified atom stereocenters. The van der Waals surface area contributed by atoms with Crippen molar-refractivity contribution in [2.45, 2.75) is 26.3 Å². The van der Waals surface area contributed by atoms with Gasteiger partial charge in [0.1, 0.15) is 5.76 Å². The lowest BCUT2D eigenvalue weighted by Crippen LogP contribution is -2.28. The lowest BCUT2D eigenvalue weighted by molar-refractivity contribution is -0.121. The maximum absolute atomic E-state index is 13.3. The molecule has 0 aliphatic heterocycles. The van der Waals surface area contributed by atoms with Gasteiger partial charge in [0, 0.05) is 5.38 Å². The van der Waals surface area contributed by atoms with Crippen LogP contribution in [-0.4, -0.2) is 10.9 Å². The number of thiazole rings is 1. The maximum atomic E-state index is 13.3. The highest BCUT2D eigenvalue weighted by Crippen LogP contribution is 2.25. The number of benzene rings is 1. The van der Waals surface area contributed by atoms with Crippen molar-refractivity contribution in [1.29, 1.82) is 0 Å². The van der Waals surface area contributed by atoms with E-state index < -0.39 is 17.7 Å². The second kappa shape index (κ2) is 7.14. The molecule has 0 saturated heterocycles. The normalized spacial score (nSPS) is 12.2. The molecule has 0 bridgehead atoms. The molecule has 0 aliphatic rings. The summed E-state index contributed by atoms with van der Waals surface area (Å²) in [6, 6.07) is 6.83. The van der Waals surface area contributed by atoms with E-state index in [2.05, 4.69) is 10.3 Å². The molecule has 7 heteroatoms. The van der Waals surface area contributed by atoms with Gasteiger partial charge >= 0.3 is 0 Å². The first-order valence-corrected chi connectivity index (χ1v) is 8.56. The lowest BCUT2D eigenvalue weighted by Gasteiger charge is -2.14. The summed E-state index contributed by atoms with van der Waals surface area (Å²) in [7, 11) is 0. The third kappa shape index (κ3) is 4.11. The van der Waals surface area contributed by atoms with Crippen LogP contribution in [0.25, 0.3) is 10.8 Å². The zero-order valence-corrected chi connectivity index (χ0v) is 14.5. The van der Waals surface area contributed by atoms with E-state index in [1.807, 2.05) is 19.1 Å². The average Bonchev–Trinajstić information content (AvgIpc) is 3.18. The summed E-state index contributed by atoms with van der Waals surface area (Å²) in [5.74, 6) is -0.624. The molecule has 0 radical (unpaired) electrons. The van der Waals surface area contributed by atoms with Gasteiger partial charge in [-0.15, -0.1) is 11.3 Å². The quantitative estimate of drug-likeness (QED) is 0.731. The third-order valence-electron chi connectivity index (χ3n) is 3.67. The molecule has 3 rings (SSSR count). The summed E-state index contributed by atoms with van der Waals surface area (Å²) < 4.78 is 31.8. The fourth-order valence-corrected chi connectivity index (χ4v) is 3.15. The Kier molecular flexibility index (Phi) is 4.94. The van der Waals surface area contributed by atoms with Gasteiger partial charge in [0.25, 0.3) is 0 Å². The van der Waals surface area contributed by atoms with E-state index in [4.69, 9.17) is 4.42 Å². The van der Waals surface area contributed by atoms with Gasteiger partial charge < -0.3 is 9.73 Å². The Bertz CT molecular complexity index is 904. The fraction of sp³-hybridized carbons (Fsp3) is 0.222. The summed E-state index contributed by atoms with van der Waals surface area (Å²) in [6.45, 7) is 3.56. The van der Waals surface area contributed by atoms with Gasteiger partial charge in [-0.3, -0.25) is 4.79 Å². The van der Waals surface area contributed by atoms with Gasteiger partial charge in [-0.05, 0) is 43.7 Å². The van der Waals surface area contributed by atoms with Crippen molar-refractivity contribution in [2.24, 2.45) is 0 Å². The first-order chi connectivity index (χ1) is 11.9. The molecule has 1 amide bonds. The minimum atomic E-state index is -0.934. The van der Waals surface area contributed by atoms with E-state index in [1.165, 1.54) is 17.4 Å². The molecular formula is C18H16F2N2O2S. The largest absolute Gasteiger partial charge is 0.459 e. The molecule has 0 aliphatic carbocycles. The van der Waals surface area contributed by atoms with Crippen molar-refractivity contribution < 1.29 is 18.0 Å². The Morgan fingerprint density at radius 1 is 1.28 bits per heavy atom. The number of nitrogens with one attached hydrogen (secondary N) is 1. The number of amides is 1. The van der Waals surface area contributed by atoms with E-state index in [-0.39, 0.29) is 12.3 Å². The second-order valence-corrected chi connectivity index (χ2v) is 6.55. The zero-order valence-electron chi connectivity index (χ0n) is 13.7. The Balaban J connectivity index is 1.62. The van der Waals surface area contributed by atoms with Crippen LogP contribution in [0.5, 0.6) is 0 Å². The van der Waals surface area contributed by atoms with Gasteiger partial charge in [0.05, 0.1) is 18.2 Å². The summed E-state index contributed by atoms with van der Waals surface area (Å²) in [5.41, 5.74) is 1.13. The van der Waals surface area contributed by atoms with Crippen LogP contribution in [0.2, 0.25) is 0 Å². The molecule has 0 spiro atoms. The van der Waals surface area contributed by atoms with Crippen LogP contribution in [-0.2, 0) is 11.2 Å². The van der Waals surface area contributed by atoms with Gasteiger partial charge in [-0.1, -0.05) is 6.07 Å².